The number of nitrogens with one attached hydrogen (secondary N) is 1. The summed E-state index contributed by atoms with van der Waals surface area (Å²) in [6, 6.07) is -2.45. The molecule has 3 unspecified atom stereocenters. The van der Waals surface area contributed by atoms with Crippen molar-refractivity contribution in [1.82, 2.24) is 25.0 Å². The van der Waals surface area contributed by atoms with Crippen molar-refractivity contribution in [2.45, 2.75) is 31.7 Å². The average molecular weight is 335 g/mol. The number of rotatable bonds is 4. The molecule has 1 fully saturated rings. The molecule has 2 amide bonds. The average Bonchev–Trinajstić information content (AvgIpc) is 2.99. The number of piperidine rings is 1. The third-order valence-corrected chi connectivity index (χ3v) is 4.00. The summed E-state index contributed by atoms with van der Waals surface area (Å²) in [6.07, 6.45) is -1.79. The number of methoxy groups -OCH3 is 1. The maximum absolute atomic E-state index is 13.1. The van der Waals surface area contributed by atoms with Gasteiger partial charge in [0.05, 0.1) is 12.6 Å². The van der Waals surface area contributed by atoms with Gasteiger partial charge < -0.3 is 15.0 Å². The van der Waals surface area contributed by atoms with Crippen LogP contribution < -0.4 is 5.32 Å². The number of halogens is 3. The molecule has 1 saturated heterocycles. The maximum atomic E-state index is 13.1. The summed E-state index contributed by atoms with van der Waals surface area (Å²) < 4.78 is 45.2. The number of alkyl halides is 3. The SMILES string of the molecule is COC1CCN(C(=O)NCC(n2cncn2)C(F)(F)F)CC1C. The minimum Gasteiger partial charge on any atom is -0.381 e. The Morgan fingerprint density at radius 2 is 2.26 bits per heavy atom. The number of amides is 2. The summed E-state index contributed by atoms with van der Waals surface area (Å²) in [5.74, 6) is 0.133. The standard InChI is InChI=1S/C13H20F3N5O2/c1-9-6-20(4-3-10(9)23-2)12(22)18-5-11(13(14,15)16)21-8-17-7-19-21/h7-11H,3-6H2,1-2H3,(H,18,22). The second-order valence-electron chi connectivity index (χ2n) is 5.61. The molecule has 3 atom stereocenters. The van der Waals surface area contributed by atoms with Crippen LogP contribution in [-0.4, -0.2) is 64.7 Å². The first kappa shape index (κ1) is 17.5. The molecule has 2 heterocycles. The lowest BCUT2D eigenvalue weighted by Crippen LogP contribution is -2.51. The highest BCUT2D eigenvalue weighted by molar-refractivity contribution is 5.74. The molecular weight excluding hydrogens is 315 g/mol. The zero-order chi connectivity index (χ0) is 17.0. The second kappa shape index (κ2) is 7.16. The van der Waals surface area contributed by atoms with Crippen LogP contribution in [0.3, 0.4) is 0 Å². The van der Waals surface area contributed by atoms with E-state index in [0.29, 0.717) is 24.2 Å². The molecule has 0 bridgehead atoms. The molecule has 0 spiro atoms. The smallest absolute Gasteiger partial charge is 0.381 e. The Balaban J connectivity index is 1.92. The van der Waals surface area contributed by atoms with Gasteiger partial charge in [-0.3, -0.25) is 0 Å². The molecule has 1 aliphatic rings. The fourth-order valence-corrected chi connectivity index (χ4v) is 2.69. The zero-order valence-electron chi connectivity index (χ0n) is 13.0. The summed E-state index contributed by atoms with van der Waals surface area (Å²) in [4.78, 5) is 17.1. The number of hydrogen-bond donors (Lipinski definition) is 1. The molecule has 1 aromatic rings. The van der Waals surface area contributed by atoms with Crippen molar-refractivity contribution in [3.63, 3.8) is 0 Å². The van der Waals surface area contributed by atoms with Gasteiger partial charge in [-0.2, -0.15) is 18.3 Å². The third-order valence-electron chi connectivity index (χ3n) is 4.00. The van der Waals surface area contributed by atoms with Crippen LogP contribution in [0.5, 0.6) is 0 Å². The first-order chi connectivity index (χ1) is 10.8. The lowest BCUT2D eigenvalue weighted by Gasteiger charge is -2.36. The molecule has 1 aliphatic heterocycles. The van der Waals surface area contributed by atoms with Gasteiger partial charge in [-0.15, -0.1) is 0 Å². The Morgan fingerprint density at radius 1 is 1.52 bits per heavy atom. The fourth-order valence-electron chi connectivity index (χ4n) is 2.69. The number of likely N-dealkylation sites (tertiary alicyclic amines) is 1. The van der Waals surface area contributed by atoms with E-state index in [4.69, 9.17) is 4.74 Å². The predicted octanol–water partition coefficient (Wildman–Crippen LogP) is 1.45. The van der Waals surface area contributed by atoms with Gasteiger partial charge in [-0.25, -0.2) is 14.5 Å². The molecule has 130 valence electrons. The number of hydrogen-bond acceptors (Lipinski definition) is 4. The van der Waals surface area contributed by atoms with Gasteiger partial charge in [0.15, 0.2) is 6.04 Å². The summed E-state index contributed by atoms with van der Waals surface area (Å²) in [5, 5.41) is 5.85. The van der Waals surface area contributed by atoms with Crippen LogP contribution >= 0.6 is 0 Å². The maximum Gasteiger partial charge on any atom is 0.412 e. The first-order valence-corrected chi connectivity index (χ1v) is 7.29. The molecular formula is C13H20F3N5O2. The van der Waals surface area contributed by atoms with Crippen molar-refractivity contribution in [2.75, 3.05) is 26.7 Å². The zero-order valence-corrected chi connectivity index (χ0v) is 13.0. The summed E-state index contributed by atoms with van der Waals surface area (Å²) >= 11 is 0. The van der Waals surface area contributed by atoms with Crippen molar-refractivity contribution in [3.8, 4) is 0 Å². The second-order valence-corrected chi connectivity index (χ2v) is 5.61. The van der Waals surface area contributed by atoms with Crippen LogP contribution in [0.4, 0.5) is 18.0 Å². The van der Waals surface area contributed by atoms with Gasteiger partial charge in [-0.05, 0) is 6.42 Å². The Hall–Kier alpha value is -1.84. The Kier molecular flexibility index (Phi) is 5.45. The molecule has 7 nitrogen and oxygen atoms in total. The largest absolute Gasteiger partial charge is 0.412 e. The van der Waals surface area contributed by atoms with E-state index in [0.717, 1.165) is 12.7 Å². The fraction of sp³-hybridized carbons (Fsp3) is 0.769. The van der Waals surface area contributed by atoms with Crippen LogP contribution in [0, 0.1) is 5.92 Å². The van der Waals surface area contributed by atoms with E-state index in [1.165, 1.54) is 4.90 Å². The van der Waals surface area contributed by atoms with Gasteiger partial charge in [0.2, 0.25) is 0 Å². The Bertz CT molecular complexity index is 508. The molecule has 0 aliphatic carbocycles. The van der Waals surface area contributed by atoms with E-state index in [1.807, 2.05) is 6.92 Å². The van der Waals surface area contributed by atoms with E-state index in [-0.39, 0.29) is 12.0 Å². The molecule has 0 saturated carbocycles. The van der Waals surface area contributed by atoms with Crippen LogP contribution in [0.15, 0.2) is 12.7 Å². The van der Waals surface area contributed by atoms with Crippen molar-refractivity contribution in [2.24, 2.45) is 5.92 Å². The molecule has 0 aromatic carbocycles. The summed E-state index contributed by atoms with van der Waals surface area (Å²) in [7, 11) is 1.61. The molecule has 1 aromatic heterocycles. The number of ether oxygens (including phenoxy) is 1. The van der Waals surface area contributed by atoms with Crippen LogP contribution in [-0.2, 0) is 4.74 Å². The topological polar surface area (TPSA) is 72.3 Å². The Morgan fingerprint density at radius 3 is 2.78 bits per heavy atom. The molecule has 2 rings (SSSR count). The van der Waals surface area contributed by atoms with Gasteiger partial charge in [-0.1, -0.05) is 6.92 Å². The van der Waals surface area contributed by atoms with E-state index in [9.17, 15) is 18.0 Å². The molecule has 1 N–H and O–H groups in total. The Labute approximate surface area is 131 Å². The highest BCUT2D eigenvalue weighted by Crippen LogP contribution is 2.29. The van der Waals surface area contributed by atoms with E-state index >= 15 is 0 Å². The third kappa shape index (κ3) is 4.34. The van der Waals surface area contributed by atoms with Crippen LogP contribution in [0.2, 0.25) is 0 Å². The monoisotopic (exact) mass is 335 g/mol. The normalized spacial score (nSPS) is 23.6. The van der Waals surface area contributed by atoms with Crippen LogP contribution in [0.25, 0.3) is 0 Å². The molecule has 10 heteroatoms. The quantitative estimate of drug-likeness (QED) is 0.904. The van der Waals surface area contributed by atoms with Gasteiger partial charge in [0.1, 0.15) is 12.7 Å². The number of urea groups is 1. The predicted molar refractivity (Wildman–Crippen MR) is 74.7 cm³/mol. The number of aromatic nitrogens is 3. The van der Waals surface area contributed by atoms with Crippen molar-refractivity contribution in [1.29, 1.82) is 0 Å². The highest BCUT2D eigenvalue weighted by Gasteiger charge is 2.42. The van der Waals surface area contributed by atoms with Crippen molar-refractivity contribution in [3.05, 3.63) is 12.7 Å². The number of carbonyl (C=O) groups is 1. The molecule has 0 radical (unpaired) electrons. The summed E-state index contributed by atoms with van der Waals surface area (Å²) in [5.41, 5.74) is 0. The minimum atomic E-state index is -4.53. The van der Waals surface area contributed by atoms with Gasteiger partial charge >= 0.3 is 12.2 Å². The van der Waals surface area contributed by atoms with E-state index in [2.05, 4.69) is 15.4 Å². The minimum absolute atomic E-state index is 0.0668. The highest BCUT2D eigenvalue weighted by atomic mass is 19.4. The van der Waals surface area contributed by atoms with Crippen molar-refractivity contribution >= 4 is 6.03 Å². The lowest BCUT2D eigenvalue weighted by molar-refractivity contribution is -0.168. The first-order valence-electron chi connectivity index (χ1n) is 7.29. The van der Waals surface area contributed by atoms with Crippen molar-refractivity contribution < 1.29 is 22.7 Å². The number of carbonyl (C=O) groups excluding carboxylic acids is 1. The van der Waals surface area contributed by atoms with E-state index in [1.54, 1.807) is 7.11 Å². The van der Waals surface area contributed by atoms with E-state index < -0.39 is 24.8 Å². The van der Waals surface area contributed by atoms with Gasteiger partial charge in [0.25, 0.3) is 0 Å². The summed E-state index contributed by atoms with van der Waals surface area (Å²) in [6.45, 7) is 2.25. The number of nitrogens with zero attached hydrogens (tertiary/aromatic N) is 4. The van der Waals surface area contributed by atoms with Crippen LogP contribution in [0.1, 0.15) is 19.4 Å². The lowest BCUT2D eigenvalue weighted by atomic mass is 9.97. The molecule has 23 heavy (non-hydrogen) atoms. The van der Waals surface area contributed by atoms with Gasteiger partial charge in [0, 0.05) is 26.1 Å².